The molecule has 0 bridgehead atoms. The molecule has 2 heterocycles. The number of fused-ring (bicyclic) bond motifs is 1. The van der Waals surface area contributed by atoms with E-state index in [2.05, 4.69) is 15.4 Å². The third-order valence-electron chi connectivity index (χ3n) is 4.59. The predicted molar refractivity (Wildman–Crippen MR) is 113 cm³/mol. The molecule has 1 aromatic carbocycles. The number of aryl methyl sites for hydroxylation is 3. The van der Waals surface area contributed by atoms with Gasteiger partial charge >= 0.3 is 0 Å². The number of benzene rings is 1. The van der Waals surface area contributed by atoms with Crippen LogP contribution in [0.4, 0.5) is 0 Å². The van der Waals surface area contributed by atoms with Crippen LogP contribution in [0.2, 0.25) is 10.0 Å². The lowest BCUT2D eigenvalue weighted by Gasteiger charge is -2.06. The molecular formula is C20H20Cl2N4O2. The Bertz CT molecular complexity index is 1150. The lowest BCUT2D eigenvalue weighted by molar-refractivity contribution is -0.116. The molecule has 0 spiro atoms. The number of hydrogen-bond donors (Lipinski definition) is 2. The molecule has 0 fully saturated rings. The van der Waals surface area contributed by atoms with Gasteiger partial charge in [0.1, 0.15) is 5.65 Å². The summed E-state index contributed by atoms with van der Waals surface area (Å²) in [6, 6.07) is 5.27. The highest BCUT2D eigenvalue weighted by Gasteiger charge is 2.13. The summed E-state index contributed by atoms with van der Waals surface area (Å²) in [5.74, 6) is -0.285. The number of nitrogens with one attached hydrogen (secondary N) is 2. The summed E-state index contributed by atoms with van der Waals surface area (Å²) in [6.45, 7) is 4.16. The second-order valence-corrected chi connectivity index (χ2v) is 7.38. The summed E-state index contributed by atoms with van der Waals surface area (Å²) < 4.78 is 1.64. The van der Waals surface area contributed by atoms with Crippen LogP contribution in [0.15, 0.2) is 29.1 Å². The number of hydrogen-bond acceptors (Lipinski definition) is 3. The summed E-state index contributed by atoms with van der Waals surface area (Å²) in [4.78, 5) is 27.3. The van der Waals surface area contributed by atoms with Crippen LogP contribution in [-0.4, -0.2) is 27.2 Å². The molecule has 2 aromatic heterocycles. The fourth-order valence-electron chi connectivity index (χ4n) is 3.19. The number of carbonyl (C=O) groups excluding carboxylic acids is 1. The highest BCUT2D eigenvalue weighted by Crippen LogP contribution is 2.22. The molecule has 3 aromatic rings. The maximum atomic E-state index is 12.4. The van der Waals surface area contributed by atoms with E-state index in [9.17, 15) is 9.59 Å². The summed E-state index contributed by atoms with van der Waals surface area (Å²) in [7, 11) is 1.78. The normalized spacial score (nSPS) is 11.5. The van der Waals surface area contributed by atoms with Crippen molar-refractivity contribution >= 4 is 46.2 Å². The first-order valence-corrected chi connectivity index (χ1v) is 9.49. The Balaban J connectivity index is 1.70. The van der Waals surface area contributed by atoms with Crippen molar-refractivity contribution in [2.45, 2.75) is 20.3 Å². The molecule has 0 saturated heterocycles. The fourth-order valence-corrected chi connectivity index (χ4v) is 3.70. The number of pyridine rings is 1. The van der Waals surface area contributed by atoms with E-state index in [-0.39, 0.29) is 11.5 Å². The van der Waals surface area contributed by atoms with Crippen molar-refractivity contribution in [2.75, 3.05) is 6.54 Å². The van der Waals surface area contributed by atoms with E-state index >= 15 is 0 Å². The molecule has 146 valence electrons. The molecule has 1 amide bonds. The van der Waals surface area contributed by atoms with Crippen LogP contribution in [0.25, 0.3) is 17.1 Å². The van der Waals surface area contributed by atoms with Gasteiger partial charge in [-0.15, -0.1) is 0 Å². The highest BCUT2D eigenvalue weighted by molar-refractivity contribution is 6.35. The van der Waals surface area contributed by atoms with Crippen LogP contribution < -0.4 is 10.9 Å². The first kappa shape index (κ1) is 20.2. The molecule has 2 N–H and O–H groups in total. The molecule has 3 rings (SSSR count). The zero-order chi connectivity index (χ0) is 20.4. The van der Waals surface area contributed by atoms with Gasteiger partial charge in [0.25, 0.3) is 5.56 Å². The van der Waals surface area contributed by atoms with Crippen molar-refractivity contribution in [1.82, 2.24) is 20.1 Å². The van der Waals surface area contributed by atoms with Crippen LogP contribution >= 0.6 is 23.2 Å². The number of aromatic amines is 1. The average molecular weight is 419 g/mol. The minimum atomic E-state index is -0.285. The van der Waals surface area contributed by atoms with Gasteiger partial charge in [-0.25, -0.2) is 0 Å². The molecule has 8 heteroatoms. The van der Waals surface area contributed by atoms with Crippen LogP contribution in [0.3, 0.4) is 0 Å². The lowest BCUT2D eigenvalue weighted by atomic mass is 10.1. The van der Waals surface area contributed by atoms with E-state index in [1.165, 1.54) is 12.2 Å². The maximum absolute atomic E-state index is 12.4. The van der Waals surface area contributed by atoms with E-state index in [1.807, 2.05) is 19.9 Å². The standard InChI is InChI=1S/C20H20Cl2N4O2/c1-11-15(20(28)24-19-18(11)12(2)25-26(19)3)6-7-17(27)23-9-8-13-4-5-14(21)10-16(13)22/h4-7,10H,8-9H2,1-3H3,(H,23,27)(H,24,28)/b7-6+. The molecule has 0 aliphatic heterocycles. The third kappa shape index (κ3) is 4.13. The van der Waals surface area contributed by atoms with Gasteiger partial charge in [0.2, 0.25) is 5.91 Å². The van der Waals surface area contributed by atoms with Crippen LogP contribution in [0, 0.1) is 13.8 Å². The molecule has 6 nitrogen and oxygen atoms in total. The lowest BCUT2D eigenvalue weighted by Crippen LogP contribution is -2.23. The smallest absolute Gasteiger partial charge is 0.257 e. The number of nitrogens with zero attached hydrogens (tertiary/aromatic N) is 2. The van der Waals surface area contributed by atoms with Crippen molar-refractivity contribution in [3.63, 3.8) is 0 Å². The molecule has 0 aliphatic carbocycles. The molecule has 0 unspecified atom stereocenters. The van der Waals surface area contributed by atoms with E-state index < -0.39 is 0 Å². The van der Waals surface area contributed by atoms with Crippen LogP contribution in [0.1, 0.15) is 22.4 Å². The second kappa shape index (κ2) is 8.20. The minimum absolute atomic E-state index is 0.259. The largest absolute Gasteiger partial charge is 0.352 e. The number of halogens is 2. The Morgan fingerprint density at radius 2 is 2.07 bits per heavy atom. The van der Waals surface area contributed by atoms with E-state index in [0.717, 1.165) is 22.2 Å². The molecule has 28 heavy (non-hydrogen) atoms. The molecule has 0 saturated carbocycles. The van der Waals surface area contributed by atoms with Crippen molar-refractivity contribution in [3.05, 3.63) is 67.1 Å². The van der Waals surface area contributed by atoms with Crippen molar-refractivity contribution in [3.8, 4) is 0 Å². The summed E-state index contributed by atoms with van der Waals surface area (Å²) >= 11 is 12.0. The highest BCUT2D eigenvalue weighted by atomic mass is 35.5. The third-order valence-corrected chi connectivity index (χ3v) is 5.17. The molecule has 0 aliphatic rings. The zero-order valence-electron chi connectivity index (χ0n) is 15.8. The van der Waals surface area contributed by atoms with Gasteiger partial charge in [-0.3, -0.25) is 14.3 Å². The van der Waals surface area contributed by atoms with Crippen molar-refractivity contribution in [1.29, 1.82) is 0 Å². The SMILES string of the molecule is Cc1nn(C)c2[nH]c(=O)c(/C=C/C(=O)NCCc3ccc(Cl)cc3Cl)c(C)c12. The predicted octanol–water partition coefficient (Wildman–Crippen LogP) is 3.56. The average Bonchev–Trinajstić information content (AvgIpc) is 2.90. The topological polar surface area (TPSA) is 79.8 Å². The van der Waals surface area contributed by atoms with Gasteiger partial charge in [-0.05, 0) is 49.6 Å². The first-order valence-electron chi connectivity index (χ1n) is 8.74. The Labute approximate surface area is 172 Å². The summed E-state index contributed by atoms with van der Waals surface area (Å²) in [5.41, 5.74) is 3.37. The van der Waals surface area contributed by atoms with E-state index in [0.29, 0.717) is 34.2 Å². The van der Waals surface area contributed by atoms with Gasteiger partial charge in [-0.1, -0.05) is 29.3 Å². The Morgan fingerprint density at radius 3 is 2.79 bits per heavy atom. The van der Waals surface area contributed by atoms with E-state index in [4.69, 9.17) is 23.2 Å². The van der Waals surface area contributed by atoms with Gasteiger partial charge < -0.3 is 10.3 Å². The number of amides is 1. The van der Waals surface area contributed by atoms with Gasteiger partial charge in [-0.2, -0.15) is 5.10 Å². The van der Waals surface area contributed by atoms with E-state index in [1.54, 1.807) is 23.9 Å². The zero-order valence-corrected chi connectivity index (χ0v) is 17.3. The second-order valence-electron chi connectivity index (χ2n) is 6.54. The summed E-state index contributed by atoms with van der Waals surface area (Å²) in [6.07, 6.45) is 3.47. The number of rotatable bonds is 5. The maximum Gasteiger partial charge on any atom is 0.257 e. The van der Waals surface area contributed by atoms with Gasteiger partial charge in [0.15, 0.2) is 0 Å². The minimum Gasteiger partial charge on any atom is -0.352 e. The fraction of sp³-hybridized carbons (Fsp3) is 0.250. The molecule has 0 radical (unpaired) electrons. The van der Waals surface area contributed by atoms with Gasteiger partial charge in [0.05, 0.1) is 5.69 Å². The Morgan fingerprint density at radius 1 is 1.32 bits per heavy atom. The first-order chi connectivity index (χ1) is 13.3. The quantitative estimate of drug-likeness (QED) is 0.621. The Kier molecular flexibility index (Phi) is 5.91. The monoisotopic (exact) mass is 418 g/mol. The number of carbonyl (C=O) groups is 1. The number of aromatic nitrogens is 3. The van der Waals surface area contributed by atoms with Crippen molar-refractivity contribution < 1.29 is 4.79 Å². The summed E-state index contributed by atoms with van der Waals surface area (Å²) in [5, 5.41) is 9.15. The molecule has 0 atom stereocenters. The van der Waals surface area contributed by atoms with Crippen LogP contribution in [0.5, 0.6) is 0 Å². The molecular weight excluding hydrogens is 399 g/mol. The Hall–Kier alpha value is -2.57. The van der Waals surface area contributed by atoms with Gasteiger partial charge in [0, 0.05) is 40.7 Å². The number of H-pyrrole nitrogens is 1. The van der Waals surface area contributed by atoms with Crippen molar-refractivity contribution in [2.24, 2.45) is 7.05 Å². The van der Waals surface area contributed by atoms with Crippen LogP contribution in [-0.2, 0) is 18.3 Å².